The highest BCUT2D eigenvalue weighted by atomic mass is 16.5. The molecule has 4 rings (SSSR count). The zero-order chi connectivity index (χ0) is 20.5. The molecular weight excluding hydrogens is 370 g/mol. The van der Waals surface area contributed by atoms with Crippen LogP contribution in [0, 0.1) is 0 Å². The second-order valence-corrected chi connectivity index (χ2v) is 7.11. The normalized spacial score (nSPS) is 19.5. The Morgan fingerprint density at radius 3 is 2.48 bits per heavy atom. The fourth-order valence-corrected chi connectivity index (χ4v) is 4.49. The predicted octanol–water partition coefficient (Wildman–Crippen LogP) is 3.44. The first-order chi connectivity index (χ1) is 14.1. The van der Waals surface area contributed by atoms with Gasteiger partial charge in [-0.05, 0) is 49.1 Å². The molecule has 29 heavy (non-hydrogen) atoms. The first kappa shape index (κ1) is 19.1. The third kappa shape index (κ3) is 3.06. The smallest absolute Gasteiger partial charge is 0.313 e. The monoisotopic (exact) mass is 393 g/mol. The van der Waals surface area contributed by atoms with Crippen LogP contribution in [0.3, 0.4) is 0 Å². The molecule has 2 aliphatic heterocycles. The fourth-order valence-electron chi connectivity index (χ4n) is 4.49. The molecule has 0 fully saturated rings. The van der Waals surface area contributed by atoms with Crippen LogP contribution in [-0.2, 0) is 16.0 Å². The van der Waals surface area contributed by atoms with Crippen LogP contribution in [0.2, 0.25) is 0 Å². The summed E-state index contributed by atoms with van der Waals surface area (Å²) in [6.45, 7) is 5.33. The third-order valence-electron chi connectivity index (χ3n) is 5.60. The molecule has 1 N–H and O–H groups in total. The number of nitrogens with zero attached hydrogens (tertiary/aromatic N) is 1. The van der Waals surface area contributed by atoms with E-state index < -0.39 is 17.9 Å². The summed E-state index contributed by atoms with van der Waals surface area (Å²) in [6, 6.07) is 10.5. The fraction of sp³-hybridized carbons (Fsp3) is 0.348. The van der Waals surface area contributed by atoms with Gasteiger partial charge in [0.1, 0.15) is 11.6 Å². The Labute approximate surface area is 169 Å². The number of carboxylic acids is 1. The molecule has 2 aromatic rings. The number of hydrogen-bond donors (Lipinski definition) is 1. The minimum Gasteiger partial charge on any atom is -0.490 e. The van der Waals surface area contributed by atoms with Crippen LogP contribution < -0.4 is 9.47 Å². The molecule has 150 valence electrons. The van der Waals surface area contributed by atoms with E-state index in [0.29, 0.717) is 54.5 Å². The Morgan fingerprint density at radius 1 is 1.14 bits per heavy atom. The van der Waals surface area contributed by atoms with Gasteiger partial charge in [0.15, 0.2) is 17.4 Å². The summed E-state index contributed by atoms with van der Waals surface area (Å²) in [6.07, 6.45) is 0.679. The topological polar surface area (TPSA) is 76.1 Å². The summed E-state index contributed by atoms with van der Waals surface area (Å²) in [5.74, 6) is 1.60. The van der Waals surface area contributed by atoms with Crippen molar-refractivity contribution in [2.24, 2.45) is 0 Å². The van der Waals surface area contributed by atoms with Gasteiger partial charge in [-0.3, -0.25) is 4.79 Å². The lowest BCUT2D eigenvalue weighted by atomic mass is 9.75. The minimum atomic E-state index is -0.919. The summed E-state index contributed by atoms with van der Waals surface area (Å²) in [7, 11) is 0. The van der Waals surface area contributed by atoms with Crippen LogP contribution >= 0.6 is 0 Å². The summed E-state index contributed by atoms with van der Waals surface area (Å²) in [4.78, 5) is 26.1. The van der Waals surface area contributed by atoms with Gasteiger partial charge in [-0.2, -0.15) is 0 Å². The Balaban J connectivity index is 1.94. The lowest BCUT2D eigenvalue weighted by Gasteiger charge is -2.46. The molecule has 0 bridgehead atoms. The lowest BCUT2D eigenvalue weighted by molar-refractivity contribution is -0.140. The quantitative estimate of drug-likeness (QED) is 0.785. The summed E-state index contributed by atoms with van der Waals surface area (Å²) in [5, 5.41) is 10.1. The van der Waals surface area contributed by atoms with Crippen molar-refractivity contribution < 1.29 is 24.2 Å². The van der Waals surface area contributed by atoms with Crippen molar-refractivity contribution >= 4 is 17.6 Å². The van der Waals surface area contributed by atoms with E-state index in [1.165, 1.54) is 0 Å². The van der Waals surface area contributed by atoms with E-state index in [9.17, 15) is 14.7 Å². The second-order valence-electron chi connectivity index (χ2n) is 7.11. The molecule has 2 aromatic carbocycles. The number of benzene rings is 2. The number of carboxylic acid groups (broad SMARTS) is 1. The highest BCUT2D eigenvalue weighted by Crippen LogP contribution is 2.51. The molecule has 0 spiro atoms. The van der Waals surface area contributed by atoms with Gasteiger partial charge in [0, 0.05) is 12.1 Å². The highest BCUT2D eigenvalue weighted by molar-refractivity contribution is 5.93. The van der Waals surface area contributed by atoms with Crippen molar-refractivity contribution in [3.63, 3.8) is 0 Å². The van der Waals surface area contributed by atoms with Crippen molar-refractivity contribution in [2.75, 3.05) is 19.8 Å². The number of ether oxygens (including phenoxy) is 2. The SMILES string of the molecule is CCOc1cc2c(cc1OCC)C1C(C(=O)O)c3ccccc3C(=C=O)N1CC2. The summed E-state index contributed by atoms with van der Waals surface area (Å²) < 4.78 is 11.5. The molecule has 0 aliphatic carbocycles. The maximum Gasteiger partial charge on any atom is 0.313 e. The molecule has 0 radical (unpaired) electrons. The van der Waals surface area contributed by atoms with E-state index in [4.69, 9.17) is 9.47 Å². The third-order valence-corrected chi connectivity index (χ3v) is 5.60. The first-order valence-electron chi connectivity index (χ1n) is 9.86. The standard InChI is InChI=1S/C23H23NO5/c1-3-28-19-11-14-9-10-24-18(13-25)15-7-5-6-8-16(15)21(23(26)27)22(24)17(14)12-20(19)29-4-2/h5-8,11-12,21-22H,3-4,9-10H2,1-2H3,(H,26,27). The number of aliphatic carboxylic acids is 1. The van der Waals surface area contributed by atoms with Crippen LogP contribution in [0.15, 0.2) is 36.4 Å². The van der Waals surface area contributed by atoms with Crippen molar-refractivity contribution in [1.29, 1.82) is 0 Å². The number of carbonyl (C=O) groups excluding carboxylic acids is 1. The van der Waals surface area contributed by atoms with Gasteiger partial charge < -0.3 is 19.5 Å². The number of rotatable bonds is 5. The number of hydrogen-bond acceptors (Lipinski definition) is 5. The number of carbonyl (C=O) groups is 1. The van der Waals surface area contributed by atoms with Gasteiger partial charge in [-0.1, -0.05) is 24.3 Å². The zero-order valence-electron chi connectivity index (χ0n) is 16.5. The van der Waals surface area contributed by atoms with Gasteiger partial charge in [0.25, 0.3) is 0 Å². The van der Waals surface area contributed by atoms with Crippen LogP contribution in [-0.4, -0.2) is 41.7 Å². The van der Waals surface area contributed by atoms with Gasteiger partial charge in [0.2, 0.25) is 0 Å². The maximum absolute atomic E-state index is 12.4. The molecule has 2 atom stereocenters. The minimum absolute atomic E-state index is 0.417. The van der Waals surface area contributed by atoms with Gasteiger partial charge >= 0.3 is 5.97 Å². The zero-order valence-corrected chi connectivity index (χ0v) is 16.5. The first-order valence-corrected chi connectivity index (χ1v) is 9.86. The molecule has 6 nitrogen and oxygen atoms in total. The Kier molecular flexibility index (Phi) is 5.03. The average molecular weight is 393 g/mol. The van der Waals surface area contributed by atoms with Gasteiger partial charge in [0.05, 0.1) is 19.3 Å². The van der Waals surface area contributed by atoms with E-state index in [2.05, 4.69) is 5.94 Å². The van der Waals surface area contributed by atoms with Crippen molar-refractivity contribution in [1.82, 2.24) is 4.90 Å². The maximum atomic E-state index is 12.4. The van der Waals surface area contributed by atoms with E-state index in [-0.39, 0.29) is 0 Å². The largest absolute Gasteiger partial charge is 0.490 e. The van der Waals surface area contributed by atoms with Gasteiger partial charge in [-0.15, -0.1) is 0 Å². The predicted molar refractivity (Wildman–Crippen MR) is 108 cm³/mol. The number of fused-ring (bicyclic) bond motifs is 4. The van der Waals surface area contributed by atoms with E-state index in [1.54, 1.807) is 18.2 Å². The summed E-state index contributed by atoms with van der Waals surface area (Å²) in [5.41, 5.74) is 3.58. The van der Waals surface area contributed by atoms with E-state index in [1.807, 2.05) is 36.9 Å². The summed E-state index contributed by atoms with van der Waals surface area (Å²) >= 11 is 0. The van der Waals surface area contributed by atoms with Gasteiger partial charge in [-0.25, -0.2) is 4.79 Å². The second kappa shape index (κ2) is 7.64. The molecule has 0 saturated carbocycles. The average Bonchev–Trinajstić information content (AvgIpc) is 2.72. The van der Waals surface area contributed by atoms with Crippen LogP contribution in [0.4, 0.5) is 0 Å². The highest BCUT2D eigenvalue weighted by Gasteiger charge is 2.45. The Morgan fingerprint density at radius 2 is 1.83 bits per heavy atom. The molecular formula is C23H23NO5. The molecule has 2 aliphatic rings. The lowest BCUT2D eigenvalue weighted by Crippen LogP contribution is -2.43. The van der Waals surface area contributed by atoms with Crippen molar-refractivity contribution in [3.8, 4) is 11.5 Å². The molecule has 0 amide bonds. The molecule has 0 aromatic heterocycles. The van der Waals surface area contributed by atoms with Crippen LogP contribution in [0.25, 0.3) is 5.70 Å². The molecule has 0 saturated heterocycles. The van der Waals surface area contributed by atoms with Crippen molar-refractivity contribution in [3.05, 3.63) is 58.7 Å². The molecule has 6 heteroatoms. The van der Waals surface area contributed by atoms with Crippen molar-refractivity contribution in [2.45, 2.75) is 32.2 Å². The van der Waals surface area contributed by atoms with Crippen LogP contribution in [0.5, 0.6) is 11.5 Å². The Bertz CT molecular complexity index is 1010. The molecule has 2 unspecified atom stereocenters. The van der Waals surface area contributed by atoms with E-state index in [0.717, 1.165) is 11.1 Å². The van der Waals surface area contributed by atoms with E-state index >= 15 is 0 Å². The Hall–Kier alpha value is -3.24. The molecule has 2 heterocycles. The van der Waals surface area contributed by atoms with Crippen LogP contribution in [0.1, 0.15) is 48.1 Å².